The van der Waals surface area contributed by atoms with Gasteiger partial charge in [0.2, 0.25) is 5.91 Å². The van der Waals surface area contributed by atoms with Crippen molar-refractivity contribution in [2.24, 2.45) is 11.1 Å². The smallest absolute Gasteiger partial charge is 0.237 e. The van der Waals surface area contributed by atoms with Crippen molar-refractivity contribution in [2.45, 2.75) is 38.6 Å². The van der Waals surface area contributed by atoms with Crippen molar-refractivity contribution in [1.82, 2.24) is 10.2 Å². The molecule has 0 saturated carbocycles. The van der Waals surface area contributed by atoms with Gasteiger partial charge in [0.1, 0.15) is 0 Å². The van der Waals surface area contributed by atoms with E-state index in [1.54, 1.807) is 0 Å². The Hall–Kier alpha value is -1.10. The van der Waals surface area contributed by atoms with Crippen LogP contribution in [0.3, 0.4) is 0 Å². The maximum absolute atomic E-state index is 11.9. The summed E-state index contributed by atoms with van der Waals surface area (Å²) in [7, 11) is 0. The summed E-state index contributed by atoms with van der Waals surface area (Å²) >= 11 is 0. The van der Waals surface area contributed by atoms with Crippen molar-refractivity contribution in [1.29, 1.82) is 0 Å². The maximum Gasteiger partial charge on any atom is 0.237 e. The minimum Gasteiger partial charge on any atom is -0.411 e. The number of rotatable bonds is 1. The lowest BCUT2D eigenvalue weighted by atomic mass is 9.95. The van der Waals surface area contributed by atoms with Crippen LogP contribution >= 0.6 is 0 Å². The van der Waals surface area contributed by atoms with Gasteiger partial charge in [0, 0.05) is 32.0 Å². The number of piperidine rings is 1. The minimum absolute atomic E-state index is 0.0141. The highest BCUT2D eigenvalue weighted by Gasteiger charge is 2.32. The van der Waals surface area contributed by atoms with Gasteiger partial charge in [-0.1, -0.05) is 12.1 Å². The normalized spacial score (nSPS) is 34.4. The molecular weight excluding hydrogens is 218 g/mol. The Morgan fingerprint density at radius 3 is 3.00 bits per heavy atom. The molecular formula is C12H21N3O2. The van der Waals surface area contributed by atoms with Gasteiger partial charge in [-0.3, -0.25) is 9.69 Å². The molecule has 2 unspecified atom stereocenters. The number of amides is 1. The quantitative estimate of drug-likeness (QED) is 0.526. The van der Waals surface area contributed by atoms with Gasteiger partial charge >= 0.3 is 0 Å². The van der Waals surface area contributed by atoms with Crippen molar-refractivity contribution in [2.75, 3.05) is 19.6 Å². The molecule has 2 aliphatic heterocycles. The molecule has 0 radical (unpaired) electrons. The predicted molar refractivity (Wildman–Crippen MR) is 65.2 cm³/mol. The molecule has 2 N–H and O–H groups in total. The number of oxime groups is 1. The van der Waals surface area contributed by atoms with Gasteiger partial charge in [0.05, 0.1) is 11.8 Å². The number of hydrogen-bond acceptors (Lipinski definition) is 4. The summed E-state index contributed by atoms with van der Waals surface area (Å²) < 4.78 is 0. The van der Waals surface area contributed by atoms with Crippen LogP contribution in [0.2, 0.25) is 0 Å². The molecule has 2 atom stereocenters. The average Bonchev–Trinajstić information content (AvgIpc) is 2.54. The van der Waals surface area contributed by atoms with E-state index >= 15 is 0 Å². The highest BCUT2D eigenvalue weighted by atomic mass is 16.4. The molecule has 0 aromatic carbocycles. The highest BCUT2D eigenvalue weighted by Crippen LogP contribution is 2.20. The standard InChI is InChI=1S/C12H21N3O2/c1-9-8-15(7-5-10(9)14-17)11-4-2-3-6-13-12(11)16/h9,11,17H,2-8H2,1H3,(H,13,16). The van der Waals surface area contributed by atoms with Crippen LogP contribution in [-0.4, -0.2) is 47.4 Å². The van der Waals surface area contributed by atoms with Crippen LogP contribution in [0, 0.1) is 5.92 Å². The molecule has 0 aromatic rings. The van der Waals surface area contributed by atoms with E-state index in [2.05, 4.69) is 22.3 Å². The Bertz CT molecular complexity index is 317. The molecule has 0 bridgehead atoms. The van der Waals surface area contributed by atoms with E-state index in [4.69, 9.17) is 5.21 Å². The monoisotopic (exact) mass is 239 g/mol. The van der Waals surface area contributed by atoms with Crippen molar-refractivity contribution in [3.05, 3.63) is 0 Å². The van der Waals surface area contributed by atoms with Gasteiger partial charge in [-0.05, 0) is 19.3 Å². The lowest BCUT2D eigenvalue weighted by Gasteiger charge is -2.36. The highest BCUT2D eigenvalue weighted by molar-refractivity contribution is 5.87. The van der Waals surface area contributed by atoms with Gasteiger partial charge in [0.25, 0.3) is 0 Å². The molecule has 17 heavy (non-hydrogen) atoms. The third-order valence-electron chi connectivity index (χ3n) is 3.81. The Labute approximate surface area is 102 Å². The SMILES string of the molecule is CC1CN(C2CCCCNC2=O)CCC1=NO. The zero-order valence-electron chi connectivity index (χ0n) is 10.4. The molecule has 2 fully saturated rings. The molecule has 0 aromatic heterocycles. The molecule has 2 heterocycles. The second-order valence-corrected chi connectivity index (χ2v) is 5.04. The molecule has 0 aliphatic carbocycles. The molecule has 1 amide bonds. The first-order valence-electron chi connectivity index (χ1n) is 6.45. The third-order valence-corrected chi connectivity index (χ3v) is 3.81. The van der Waals surface area contributed by atoms with Gasteiger partial charge in [-0.25, -0.2) is 0 Å². The van der Waals surface area contributed by atoms with Crippen LogP contribution in [0.4, 0.5) is 0 Å². The van der Waals surface area contributed by atoms with Gasteiger partial charge in [-0.15, -0.1) is 0 Å². The summed E-state index contributed by atoms with van der Waals surface area (Å²) in [6.45, 7) is 4.50. The summed E-state index contributed by atoms with van der Waals surface area (Å²) in [6.07, 6.45) is 3.90. The lowest BCUT2D eigenvalue weighted by molar-refractivity contribution is -0.126. The fourth-order valence-electron chi connectivity index (χ4n) is 2.76. The maximum atomic E-state index is 11.9. The molecule has 5 heteroatoms. The average molecular weight is 239 g/mol. The number of hydrogen-bond donors (Lipinski definition) is 2. The summed E-state index contributed by atoms with van der Waals surface area (Å²) in [5.74, 6) is 0.406. The number of carbonyl (C=O) groups excluding carboxylic acids is 1. The van der Waals surface area contributed by atoms with Crippen molar-refractivity contribution < 1.29 is 10.0 Å². The van der Waals surface area contributed by atoms with Crippen molar-refractivity contribution in [3.63, 3.8) is 0 Å². The topological polar surface area (TPSA) is 64.9 Å². The van der Waals surface area contributed by atoms with Crippen LogP contribution < -0.4 is 5.32 Å². The summed E-state index contributed by atoms with van der Waals surface area (Å²) in [5.41, 5.74) is 0.857. The molecule has 2 saturated heterocycles. The molecule has 2 rings (SSSR count). The van der Waals surface area contributed by atoms with E-state index in [1.165, 1.54) is 0 Å². The number of carbonyl (C=O) groups is 1. The summed E-state index contributed by atoms with van der Waals surface area (Å²) in [5, 5.41) is 15.2. The van der Waals surface area contributed by atoms with E-state index in [0.29, 0.717) is 0 Å². The minimum atomic E-state index is 0.0141. The van der Waals surface area contributed by atoms with Crippen LogP contribution in [0.5, 0.6) is 0 Å². The van der Waals surface area contributed by atoms with E-state index in [1.807, 2.05) is 0 Å². The predicted octanol–water partition coefficient (Wildman–Crippen LogP) is 0.827. The van der Waals surface area contributed by atoms with Gasteiger partial charge < -0.3 is 10.5 Å². The number of nitrogens with one attached hydrogen (secondary N) is 1. The fourth-order valence-corrected chi connectivity index (χ4v) is 2.76. The number of likely N-dealkylation sites (tertiary alicyclic amines) is 1. The van der Waals surface area contributed by atoms with E-state index in [0.717, 1.165) is 51.0 Å². The first-order chi connectivity index (χ1) is 8.22. The van der Waals surface area contributed by atoms with Crippen LogP contribution in [0.15, 0.2) is 5.16 Å². The van der Waals surface area contributed by atoms with Crippen LogP contribution in [-0.2, 0) is 4.79 Å². The Balaban J connectivity index is 2.00. The summed E-state index contributed by atoms with van der Waals surface area (Å²) in [4.78, 5) is 14.2. The van der Waals surface area contributed by atoms with E-state index in [-0.39, 0.29) is 17.9 Å². The molecule has 96 valence electrons. The second kappa shape index (κ2) is 5.49. The first kappa shape index (κ1) is 12.4. The number of nitrogens with zero attached hydrogens (tertiary/aromatic N) is 2. The van der Waals surface area contributed by atoms with E-state index < -0.39 is 0 Å². The van der Waals surface area contributed by atoms with Gasteiger partial charge in [-0.2, -0.15) is 0 Å². The second-order valence-electron chi connectivity index (χ2n) is 5.04. The van der Waals surface area contributed by atoms with E-state index in [9.17, 15) is 4.79 Å². The van der Waals surface area contributed by atoms with Crippen molar-refractivity contribution in [3.8, 4) is 0 Å². The third kappa shape index (κ3) is 2.77. The summed E-state index contributed by atoms with van der Waals surface area (Å²) in [6, 6.07) is 0.0141. The largest absolute Gasteiger partial charge is 0.411 e. The lowest BCUT2D eigenvalue weighted by Crippen LogP contribution is -2.51. The van der Waals surface area contributed by atoms with Crippen molar-refractivity contribution >= 4 is 11.6 Å². The Kier molecular flexibility index (Phi) is 3.99. The molecule has 5 nitrogen and oxygen atoms in total. The van der Waals surface area contributed by atoms with Crippen LogP contribution in [0.1, 0.15) is 32.6 Å². The zero-order valence-corrected chi connectivity index (χ0v) is 10.4. The Morgan fingerprint density at radius 2 is 2.29 bits per heavy atom. The molecule has 0 spiro atoms. The van der Waals surface area contributed by atoms with Crippen LogP contribution in [0.25, 0.3) is 0 Å². The zero-order chi connectivity index (χ0) is 12.3. The Morgan fingerprint density at radius 1 is 1.47 bits per heavy atom. The fraction of sp³-hybridized carbons (Fsp3) is 0.833. The first-order valence-corrected chi connectivity index (χ1v) is 6.45. The van der Waals surface area contributed by atoms with Gasteiger partial charge in [0.15, 0.2) is 0 Å². The molecule has 2 aliphatic rings.